The van der Waals surface area contributed by atoms with Gasteiger partial charge in [-0.3, -0.25) is 4.79 Å². The molecule has 0 saturated carbocycles. The lowest BCUT2D eigenvalue weighted by molar-refractivity contribution is -0.121. The quantitative estimate of drug-likeness (QED) is 0.344. The number of nitrogens with zero attached hydrogens (tertiary/aromatic N) is 1. The molecule has 1 aromatic rings. The number of amidine groups is 1. The summed E-state index contributed by atoms with van der Waals surface area (Å²) in [6, 6.07) is 5.61. The number of oxime groups is 1. The lowest BCUT2D eigenvalue weighted by atomic mass is 9.85. The Bertz CT molecular complexity index is 517. The molecule has 1 rings (SSSR count). The number of nitrogens with one attached hydrogen (secondary N) is 1. The highest BCUT2D eigenvalue weighted by Crippen LogP contribution is 2.26. The van der Waals surface area contributed by atoms with Crippen LogP contribution in [0.25, 0.3) is 0 Å². The molecule has 0 aliphatic rings. The van der Waals surface area contributed by atoms with Crippen LogP contribution in [0.15, 0.2) is 27.8 Å². The summed E-state index contributed by atoms with van der Waals surface area (Å²) in [4.78, 5) is 12.3. The van der Waals surface area contributed by atoms with E-state index in [1.165, 1.54) is 0 Å². The summed E-state index contributed by atoms with van der Waals surface area (Å²) in [5, 5.41) is 14.6. The van der Waals surface area contributed by atoms with Crippen LogP contribution in [0.1, 0.15) is 25.8 Å². The molecule has 0 aliphatic carbocycles. The number of anilines is 1. The molecule has 5 nitrogen and oxygen atoms in total. The number of carbonyl (C=O) groups excluding carboxylic acids is 1. The minimum atomic E-state index is -1.04. The Kier molecular flexibility index (Phi) is 4.94. The van der Waals surface area contributed by atoms with E-state index in [-0.39, 0.29) is 11.7 Å². The lowest BCUT2D eigenvalue weighted by Crippen LogP contribution is -2.44. The van der Waals surface area contributed by atoms with Gasteiger partial charge < -0.3 is 16.3 Å². The van der Waals surface area contributed by atoms with Crippen molar-refractivity contribution in [3.63, 3.8) is 0 Å². The summed E-state index contributed by atoms with van der Waals surface area (Å²) in [5.41, 5.74) is 6.21. The maximum absolute atomic E-state index is 12.3. The largest absolute Gasteiger partial charge is 0.409 e. The van der Waals surface area contributed by atoms with E-state index in [0.29, 0.717) is 12.1 Å². The molecule has 0 spiro atoms. The van der Waals surface area contributed by atoms with Crippen LogP contribution < -0.4 is 11.1 Å². The number of aryl methyl sites for hydroxylation is 1. The minimum absolute atomic E-state index is 0.0971. The van der Waals surface area contributed by atoms with Gasteiger partial charge >= 0.3 is 0 Å². The summed E-state index contributed by atoms with van der Waals surface area (Å²) in [7, 11) is 0. The number of hydrogen-bond acceptors (Lipinski definition) is 3. The average Bonchev–Trinajstić information content (AvgIpc) is 2.40. The summed E-state index contributed by atoms with van der Waals surface area (Å²) in [5.74, 6) is -0.397. The highest BCUT2D eigenvalue weighted by atomic mass is 79.9. The van der Waals surface area contributed by atoms with Gasteiger partial charge in [-0.25, -0.2) is 0 Å². The van der Waals surface area contributed by atoms with E-state index in [4.69, 9.17) is 10.9 Å². The van der Waals surface area contributed by atoms with Crippen molar-refractivity contribution in [2.24, 2.45) is 16.3 Å². The molecule has 0 saturated heterocycles. The number of nitrogens with two attached hydrogens (primary N) is 1. The van der Waals surface area contributed by atoms with Crippen molar-refractivity contribution in [1.29, 1.82) is 0 Å². The molecule has 6 heteroatoms. The maximum Gasteiger partial charge on any atom is 0.238 e. The first kappa shape index (κ1) is 15.5. The van der Waals surface area contributed by atoms with Crippen molar-refractivity contribution in [1.82, 2.24) is 0 Å². The van der Waals surface area contributed by atoms with Crippen LogP contribution in [0.5, 0.6) is 0 Å². The predicted octanol–water partition coefficient (Wildman–Crippen LogP) is 2.86. The normalized spacial score (nSPS) is 14.8. The summed E-state index contributed by atoms with van der Waals surface area (Å²) in [6.07, 6.45) is 0.432. The van der Waals surface area contributed by atoms with Crippen molar-refractivity contribution < 1.29 is 10.0 Å². The molecule has 1 unspecified atom stereocenters. The van der Waals surface area contributed by atoms with Crippen molar-refractivity contribution in [2.45, 2.75) is 27.2 Å². The zero-order valence-electron chi connectivity index (χ0n) is 11.2. The van der Waals surface area contributed by atoms with E-state index >= 15 is 0 Å². The van der Waals surface area contributed by atoms with Gasteiger partial charge in [0.2, 0.25) is 5.91 Å². The number of hydrogen-bond donors (Lipinski definition) is 3. The molecule has 19 heavy (non-hydrogen) atoms. The first-order chi connectivity index (χ1) is 8.85. The van der Waals surface area contributed by atoms with Crippen LogP contribution in [0.2, 0.25) is 0 Å². The topological polar surface area (TPSA) is 87.7 Å². The molecule has 0 heterocycles. The molecule has 4 N–H and O–H groups in total. The van der Waals surface area contributed by atoms with Crippen molar-refractivity contribution in [3.05, 3.63) is 28.2 Å². The van der Waals surface area contributed by atoms with E-state index < -0.39 is 5.41 Å². The van der Waals surface area contributed by atoms with E-state index in [2.05, 4.69) is 26.4 Å². The average molecular weight is 328 g/mol. The van der Waals surface area contributed by atoms with Gasteiger partial charge in [0, 0.05) is 10.2 Å². The van der Waals surface area contributed by atoms with Gasteiger partial charge in [0.15, 0.2) is 5.84 Å². The fourth-order valence-corrected chi connectivity index (χ4v) is 1.92. The highest BCUT2D eigenvalue weighted by Gasteiger charge is 2.36. The molecule has 1 aromatic carbocycles. The first-order valence-electron chi connectivity index (χ1n) is 5.90. The zero-order valence-corrected chi connectivity index (χ0v) is 12.8. The Morgan fingerprint density at radius 1 is 1.58 bits per heavy atom. The van der Waals surface area contributed by atoms with E-state index in [1.54, 1.807) is 6.92 Å². The zero-order chi connectivity index (χ0) is 14.6. The molecule has 1 atom stereocenters. The Balaban J connectivity index is 3.04. The van der Waals surface area contributed by atoms with Crippen molar-refractivity contribution >= 4 is 33.4 Å². The Labute approximate surface area is 121 Å². The molecule has 0 bridgehead atoms. The van der Waals surface area contributed by atoms with Crippen LogP contribution in [0.3, 0.4) is 0 Å². The molecule has 0 radical (unpaired) electrons. The fraction of sp³-hybridized carbons (Fsp3) is 0.385. The number of rotatable bonds is 4. The van der Waals surface area contributed by atoms with Gasteiger partial charge in [-0.15, -0.1) is 0 Å². The molecule has 0 fully saturated rings. The monoisotopic (exact) mass is 327 g/mol. The SMILES string of the molecule is CCC(C)(C(=O)Nc1cc(Br)ccc1C)/C(N)=N/O. The second kappa shape index (κ2) is 6.06. The van der Waals surface area contributed by atoms with Crippen LogP contribution in [-0.4, -0.2) is 17.0 Å². The van der Waals surface area contributed by atoms with Crippen molar-refractivity contribution in [3.8, 4) is 0 Å². The molecule has 0 aromatic heterocycles. The second-order valence-electron chi connectivity index (χ2n) is 4.58. The van der Waals surface area contributed by atoms with Gasteiger partial charge in [0.1, 0.15) is 5.41 Å². The molecule has 104 valence electrons. The minimum Gasteiger partial charge on any atom is -0.409 e. The number of halogens is 1. The number of carbonyl (C=O) groups is 1. The third kappa shape index (κ3) is 3.26. The van der Waals surface area contributed by atoms with Gasteiger partial charge in [-0.05, 0) is 38.0 Å². The van der Waals surface area contributed by atoms with E-state index in [9.17, 15) is 4.79 Å². The van der Waals surface area contributed by atoms with E-state index in [0.717, 1.165) is 10.0 Å². The lowest BCUT2D eigenvalue weighted by Gasteiger charge is -2.25. The molecular weight excluding hydrogens is 310 g/mol. The van der Waals surface area contributed by atoms with Crippen LogP contribution in [0.4, 0.5) is 5.69 Å². The van der Waals surface area contributed by atoms with Gasteiger partial charge in [0.05, 0.1) is 0 Å². The van der Waals surface area contributed by atoms with Crippen LogP contribution >= 0.6 is 15.9 Å². The third-order valence-electron chi connectivity index (χ3n) is 3.33. The smallest absolute Gasteiger partial charge is 0.238 e. The Morgan fingerprint density at radius 3 is 2.74 bits per heavy atom. The van der Waals surface area contributed by atoms with Gasteiger partial charge in [0.25, 0.3) is 0 Å². The van der Waals surface area contributed by atoms with Gasteiger partial charge in [-0.1, -0.05) is 34.1 Å². The Morgan fingerprint density at radius 2 is 2.21 bits per heavy atom. The first-order valence-corrected chi connectivity index (χ1v) is 6.70. The number of benzene rings is 1. The summed E-state index contributed by atoms with van der Waals surface area (Å²) in [6.45, 7) is 5.35. The van der Waals surface area contributed by atoms with Crippen LogP contribution in [0, 0.1) is 12.3 Å². The number of amides is 1. The summed E-state index contributed by atoms with van der Waals surface area (Å²) < 4.78 is 0.871. The Hall–Kier alpha value is -1.56. The van der Waals surface area contributed by atoms with Crippen LogP contribution in [-0.2, 0) is 4.79 Å². The maximum atomic E-state index is 12.3. The standard InChI is InChI=1S/C13H18BrN3O2/c1-4-13(3,11(15)17-19)12(18)16-10-7-9(14)6-5-8(10)2/h5-7,19H,4H2,1-3H3,(H2,15,17)(H,16,18). The third-order valence-corrected chi connectivity index (χ3v) is 3.82. The fourth-order valence-electron chi connectivity index (χ4n) is 1.56. The highest BCUT2D eigenvalue weighted by molar-refractivity contribution is 9.10. The molecular formula is C13H18BrN3O2. The van der Waals surface area contributed by atoms with Crippen molar-refractivity contribution in [2.75, 3.05) is 5.32 Å². The predicted molar refractivity (Wildman–Crippen MR) is 79.3 cm³/mol. The molecule has 0 aliphatic heterocycles. The molecule has 1 amide bonds. The van der Waals surface area contributed by atoms with Gasteiger partial charge in [-0.2, -0.15) is 0 Å². The van der Waals surface area contributed by atoms with E-state index in [1.807, 2.05) is 32.0 Å². The second-order valence-corrected chi connectivity index (χ2v) is 5.50. The summed E-state index contributed by atoms with van der Waals surface area (Å²) >= 11 is 3.36.